The molecule has 0 bridgehead atoms. The summed E-state index contributed by atoms with van der Waals surface area (Å²) in [4.78, 5) is 14.0. The molecule has 1 aromatic rings. The van der Waals surface area contributed by atoms with E-state index in [2.05, 4.69) is 11.8 Å². The second-order valence-electron chi connectivity index (χ2n) is 5.33. The fraction of sp³-hybridized carbons (Fsp3) is 0.562. The SMILES string of the molecule is CCOC(=O)c1ccc(N2CCC(CC)CC2)c(N)c1. The van der Waals surface area contributed by atoms with Crippen LogP contribution in [0.4, 0.5) is 11.4 Å². The number of ether oxygens (including phenoxy) is 1. The summed E-state index contributed by atoms with van der Waals surface area (Å²) < 4.78 is 4.99. The molecule has 0 atom stereocenters. The van der Waals surface area contributed by atoms with Gasteiger partial charge in [-0.2, -0.15) is 0 Å². The third kappa shape index (κ3) is 3.24. The predicted octanol–water partition coefficient (Wildman–Crippen LogP) is 3.07. The molecule has 20 heavy (non-hydrogen) atoms. The number of anilines is 2. The molecule has 0 amide bonds. The smallest absolute Gasteiger partial charge is 0.338 e. The molecule has 0 aliphatic carbocycles. The summed E-state index contributed by atoms with van der Waals surface area (Å²) in [5.74, 6) is 0.529. The van der Waals surface area contributed by atoms with E-state index in [1.807, 2.05) is 6.07 Å². The van der Waals surface area contributed by atoms with E-state index in [1.54, 1.807) is 19.1 Å². The minimum absolute atomic E-state index is 0.310. The molecule has 1 heterocycles. The highest BCUT2D eigenvalue weighted by Gasteiger charge is 2.20. The normalized spacial score (nSPS) is 16.2. The molecule has 0 unspecified atom stereocenters. The Morgan fingerprint density at radius 3 is 2.60 bits per heavy atom. The van der Waals surface area contributed by atoms with E-state index >= 15 is 0 Å². The van der Waals surface area contributed by atoms with Gasteiger partial charge in [0, 0.05) is 13.1 Å². The van der Waals surface area contributed by atoms with Crippen LogP contribution < -0.4 is 10.6 Å². The van der Waals surface area contributed by atoms with Gasteiger partial charge in [-0.25, -0.2) is 4.79 Å². The van der Waals surface area contributed by atoms with Crippen LogP contribution >= 0.6 is 0 Å². The zero-order chi connectivity index (χ0) is 14.5. The van der Waals surface area contributed by atoms with E-state index in [4.69, 9.17) is 10.5 Å². The highest BCUT2D eigenvalue weighted by Crippen LogP contribution is 2.29. The van der Waals surface area contributed by atoms with Crippen molar-refractivity contribution >= 4 is 17.3 Å². The van der Waals surface area contributed by atoms with E-state index in [0.717, 1.165) is 24.7 Å². The number of nitrogens with zero attached hydrogens (tertiary/aromatic N) is 1. The Morgan fingerprint density at radius 1 is 1.35 bits per heavy atom. The first-order valence-electron chi connectivity index (χ1n) is 7.47. The lowest BCUT2D eigenvalue weighted by Crippen LogP contribution is -2.34. The summed E-state index contributed by atoms with van der Waals surface area (Å²) in [5, 5.41) is 0. The van der Waals surface area contributed by atoms with Gasteiger partial charge in [-0.05, 0) is 43.9 Å². The van der Waals surface area contributed by atoms with Gasteiger partial charge in [-0.15, -0.1) is 0 Å². The lowest BCUT2D eigenvalue weighted by atomic mass is 9.94. The van der Waals surface area contributed by atoms with Crippen LogP contribution in [0.2, 0.25) is 0 Å². The third-order valence-electron chi connectivity index (χ3n) is 4.07. The summed E-state index contributed by atoms with van der Waals surface area (Å²) in [6.45, 7) is 6.52. The molecule has 0 aromatic heterocycles. The van der Waals surface area contributed by atoms with Crippen molar-refractivity contribution in [1.82, 2.24) is 0 Å². The molecule has 1 fully saturated rings. The average molecular weight is 276 g/mol. The number of piperidine rings is 1. The number of hydrogen-bond acceptors (Lipinski definition) is 4. The minimum atomic E-state index is -0.310. The second-order valence-corrected chi connectivity index (χ2v) is 5.33. The second kappa shape index (κ2) is 6.64. The van der Waals surface area contributed by atoms with Gasteiger partial charge in [0.25, 0.3) is 0 Å². The van der Waals surface area contributed by atoms with Gasteiger partial charge in [-0.3, -0.25) is 0 Å². The first-order chi connectivity index (χ1) is 9.65. The van der Waals surface area contributed by atoms with Crippen LogP contribution in [-0.2, 0) is 4.74 Å². The monoisotopic (exact) mass is 276 g/mol. The van der Waals surface area contributed by atoms with Crippen molar-refractivity contribution in [2.75, 3.05) is 30.3 Å². The molecule has 1 aliphatic rings. The molecular weight excluding hydrogens is 252 g/mol. The average Bonchev–Trinajstić information content (AvgIpc) is 2.47. The molecule has 1 aromatic carbocycles. The van der Waals surface area contributed by atoms with E-state index in [0.29, 0.717) is 17.9 Å². The van der Waals surface area contributed by atoms with Crippen LogP contribution in [0.15, 0.2) is 18.2 Å². The van der Waals surface area contributed by atoms with Crippen molar-refractivity contribution in [3.8, 4) is 0 Å². The molecule has 1 saturated heterocycles. The van der Waals surface area contributed by atoms with Crippen LogP contribution in [-0.4, -0.2) is 25.7 Å². The Labute approximate surface area is 120 Å². The summed E-state index contributed by atoms with van der Waals surface area (Å²) >= 11 is 0. The Balaban J connectivity index is 2.08. The van der Waals surface area contributed by atoms with Crippen molar-refractivity contribution < 1.29 is 9.53 Å². The quantitative estimate of drug-likeness (QED) is 0.678. The maximum absolute atomic E-state index is 11.7. The number of nitrogen functional groups attached to an aromatic ring is 1. The maximum Gasteiger partial charge on any atom is 0.338 e. The minimum Gasteiger partial charge on any atom is -0.462 e. The van der Waals surface area contributed by atoms with Gasteiger partial charge in [0.2, 0.25) is 0 Å². The molecule has 0 radical (unpaired) electrons. The maximum atomic E-state index is 11.7. The van der Waals surface area contributed by atoms with Crippen LogP contribution in [0.5, 0.6) is 0 Å². The topological polar surface area (TPSA) is 55.6 Å². The number of carbonyl (C=O) groups is 1. The van der Waals surface area contributed by atoms with Crippen LogP contribution in [0.25, 0.3) is 0 Å². The number of hydrogen-bond donors (Lipinski definition) is 1. The first kappa shape index (κ1) is 14.7. The Morgan fingerprint density at radius 2 is 2.05 bits per heavy atom. The van der Waals surface area contributed by atoms with Crippen molar-refractivity contribution in [2.45, 2.75) is 33.1 Å². The van der Waals surface area contributed by atoms with Crippen molar-refractivity contribution in [2.24, 2.45) is 5.92 Å². The largest absolute Gasteiger partial charge is 0.462 e. The van der Waals surface area contributed by atoms with Gasteiger partial charge in [-0.1, -0.05) is 13.3 Å². The Kier molecular flexibility index (Phi) is 4.88. The van der Waals surface area contributed by atoms with Gasteiger partial charge >= 0.3 is 5.97 Å². The molecular formula is C16H24N2O2. The lowest BCUT2D eigenvalue weighted by molar-refractivity contribution is 0.0526. The zero-order valence-corrected chi connectivity index (χ0v) is 12.4. The fourth-order valence-electron chi connectivity index (χ4n) is 2.77. The standard InChI is InChI=1S/C16H24N2O2/c1-3-12-7-9-18(10-8-12)15-6-5-13(11-14(15)17)16(19)20-4-2/h5-6,11-12H,3-4,7-10,17H2,1-2H3. The molecule has 1 aliphatic heterocycles. The summed E-state index contributed by atoms with van der Waals surface area (Å²) in [5.41, 5.74) is 8.32. The fourth-order valence-corrected chi connectivity index (χ4v) is 2.77. The molecule has 0 saturated carbocycles. The highest BCUT2D eigenvalue weighted by molar-refractivity contribution is 5.92. The van der Waals surface area contributed by atoms with Crippen molar-refractivity contribution in [3.63, 3.8) is 0 Å². The third-order valence-corrected chi connectivity index (χ3v) is 4.07. The van der Waals surface area contributed by atoms with Crippen LogP contribution in [0.1, 0.15) is 43.5 Å². The van der Waals surface area contributed by atoms with E-state index in [-0.39, 0.29) is 5.97 Å². The van der Waals surface area contributed by atoms with Gasteiger partial charge in [0.1, 0.15) is 0 Å². The van der Waals surface area contributed by atoms with Crippen LogP contribution in [0.3, 0.4) is 0 Å². The highest BCUT2D eigenvalue weighted by atomic mass is 16.5. The molecule has 2 N–H and O–H groups in total. The number of rotatable bonds is 4. The zero-order valence-electron chi connectivity index (χ0n) is 12.4. The Bertz CT molecular complexity index is 466. The van der Waals surface area contributed by atoms with Crippen molar-refractivity contribution in [3.05, 3.63) is 23.8 Å². The van der Waals surface area contributed by atoms with Crippen LogP contribution in [0, 0.1) is 5.92 Å². The molecule has 0 spiro atoms. The van der Waals surface area contributed by atoms with Crippen molar-refractivity contribution in [1.29, 1.82) is 0 Å². The number of nitrogens with two attached hydrogens (primary N) is 1. The molecule has 2 rings (SSSR count). The Hall–Kier alpha value is -1.71. The lowest BCUT2D eigenvalue weighted by Gasteiger charge is -2.34. The summed E-state index contributed by atoms with van der Waals surface area (Å²) in [6, 6.07) is 5.46. The number of carbonyl (C=O) groups excluding carboxylic acids is 1. The molecule has 4 heteroatoms. The summed E-state index contributed by atoms with van der Waals surface area (Å²) in [7, 11) is 0. The first-order valence-corrected chi connectivity index (χ1v) is 7.47. The molecule has 4 nitrogen and oxygen atoms in total. The van der Waals surface area contributed by atoms with E-state index < -0.39 is 0 Å². The predicted molar refractivity (Wildman–Crippen MR) is 82.0 cm³/mol. The van der Waals surface area contributed by atoms with E-state index in [1.165, 1.54) is 19.3 Å². The van der Waals surface area contributed by atoms with Gasteiger partial charge in [0.15, 0.2) is 0 Å². The van der Waals surface area contributed by atoms with Gasteiger partial charge < -0.3 is 15.4 Å². The molecule has 110 valence electrons. The number of esters is 1. The summed E-state index contributed by atoms with van der Waals surface area (Å²) in [6.07, 6.45) is 3.69. The van der Waals surface area contributed by atoms with Gasteiger partial charge in [0.05, 0.1) is 23.5 Å². The number of benzene rings is 1. The van der Waals surface area contributed by atoms with E-state index in [9.17, 15) is 4.79 Å².